The first kappa shape index (κ1) is 12.0. The van der Waals surface area contributed by atoms with Gasteiger partial charge in [0.25, 0.3) is 0 Å². The highest BCUT2D eigenvalue weighted by atomic mass is 16.4. The van der Waals surface area contributed by atoms with Gasteiger partial charge in [-0.2, -0.15) is 0 Å². The van der Waals surface area contributed by atoms with Crippen molar-refractivity contribution in [3.63, 3.8) is 0 Å². The predicted molar refractivity (Wildman–Crippen MR) is 64.9 cm³/mol. The Bertz CT molecular complexity index is 394. The Morgan fingerprint density at radius 2 is 2.06 bits per heavy atom. The molecule has 0 heterocycles. The van der Waals surface area contributed by atoms with E-state index in [1.165, 1.54) is 0 Å². The number of aromatic hydroxyl groups is 1. The second-order valence-corrected chi connectivity index (χ2v) is 4.86. The summed E-state index contributed by atoms with van der Waals surface area (Å²) in [5, 5.41) is 18.7. The van der Waals surface area contributed by atoms with Gasteiger partial charge in [0.15, 0.2) is 0 Å². The van der Waals surface area contributed by atoms with Gasteiger partial charge in [-0.3, -0.25) is 4.79 Å². The Labute approximate surface area is 101 Å². The Morgan fingerprint density at radius 3 is 2.65 bits per heavy atom. The summed E-state index contributed by atoms with van der Waals surface area (Å²) in [5.74, 6) is -0.507. The van der Waals surface area contributed by atoms with Gasteiger partial charge in [-0.15, -0.1) is 0 Å². The lowest BCUT2D eigenvalue weighted by Crippen LogP contribution is -2.24. The minimum atomic E-state index is -0.708. The first-order chi connectivity index (χ1) is 8.16. The molecule has 1 aromatic rings. The van der Waals surface area contributed by atoms with Crippen LogP contribution < -0.4 is 0 Å². The molecule has 1 saturated carbocycles. The van der Waals surface area contributed by atoms with Crippen LogP contribution in [0.4, 0.5) is 0 Å². The van der Waals surface area contributed by atoms with Gasteiger partial charge in [-0.05, 0) is 42.9 Å². The summed E-state index contributed by atoms with van der Waals surface area (Å²) in [7, 11) is 0. The quantitative estimate of drug-likeness (QED) is 0.842. The Morgan fingerprint density at radius 1 is 1.35 bits per heavy atom. The first-order valence-electron chi connectivity index (χ1n) is 6.17. The molecule has 0 spiro atoms. The van der Waals surface area contributed by atoms with Crippen molar-refractivity contribution in [3.8, 4) is 5.75 Å². The minimum absolute atomic E-state index is 0.207. The average Bonchev–Trinajstić information content (AvgIpc) is 2.78. The fourth-order valence-electron chi connectivity index (χ4n) is 2.75. The molecule has 0 aliphatic heterocycles. The van der Waals surface area contributed by atoms with Crippen LogP contribution in [0.2, 0.25) is 0 Å². The van der Waals surface area contributed by atoms with Gasteiger partial charge < -0.3 is 10.2 Å². The number of carbonyl (C=O) groups is 1. The summed E-state index contributed by atoms with van der Waals surface area (Å²) in [6, 6.07) is 6.91. The molecule has 0 radical (unpaired) electrons. The van der Waals surface area contributed by atoms with Gasteiger partial charge in [0, 0.05) is 0 Å². The summed E-state index contributed by atoms with van der Waals surface area (Å²) in [5.41, 5.74) is 0.907. The van der Waals surface area contributed by atoms with E-state index in [0.717, 1.165) is 31.2 Å². The van der Waals surface area contributed by atoms with Crippen molar-refractivity contribution < 1.29 is 15.0 Å². The van der Waals surface area contributed by atoms with Crippen LogP contribution in [0.25, 0.3) is 0 Å². The molecular weight excluding hydrogens is 216 g/mol. The van der Waals surface area contributed by atoms with Crippen LogP contribution in [0.15, 0.2) is 24.3 Å². The van der Waals surface area contributed by atoms with Crippen LogP contribution in [0.5, 0.6) is 5.75 Å². The molecule has 0 aromatic heterocycles. The SMILES string of the molecule is O=C(O)C(Cc1cccc(O)c1)C1CCCC1. The van der Waals surface area contributed by atoms with Gasteiger partial charge in [-0.1, -0.05) is 25.0 Å². The maximum atomic E-state index is 11.3. The summed E-state index contributed by atoms with van der Waals surface area (Å²) in [6.45, 7) is 0. The zero-order chi connectivity index (χ0) is 12.3. The zero-order valence-electron chi connectivity index (χ0n) is 9.80. The number of aliphatic carboxylic acids is 1. The van der Waals surface area contributed by atoms with Crippen LogP contribution in [0.1, 0.15) is 31.2 Å². The number of carboxylic acid groups (broad SMARTS) is 1. The highest BCUT2D eigenvalue weighted by Crippen LogP contribution is 2.33. The molecule has 92 valence electrons. The van der Waals surface area contributed by atoms with Gasteiger partial charge in [0.05, 0.1) is 5.92 Å². The second-order valence-electron chi connectivity index (χ2n) is 4.86. The molecule has 3 nitrogen and oxygen atoms in total. The van der Waals surface area contributed by atoms with Crippen LogP contribution in [0, 0.1) is 11.8 Å². The second kappa shape index (κ2) is 5.21. The standard InChI is InChI=1S/C14H18O3/c15-12-7-3-4-10(8-12)9-13(14(16)17)11-5-1-2-6-11/h3-4,7-8,11,13,15H,1-2,5-6,9H2,(H,16,17). The van der Waals surface area contributed by atoms with E-state index in [1.54, 1.807) is 18.2 Å². The normalized spacial score (nSPS) is 18.1. The molecule has 0 saturated heterocycles. The number of benzene rings is 1. The smallest absolute Gasteiger partial charge is 0.307 e. The summed E-state index contributed by atoms with van der Waals surface area (Å²) < 4.78 is 0. The maximum absolute atomic E-state index is 11.3. The molecule has 1 atom stereocenters. The third-order valence-electron chi connectivity index (χ3n) is 3.65. The molecular formula is C14H18O3. The van der Waals surface area contributed by atoms with Crippen LogP contribution >= 0.6 is 0 Å². The zero-order valence-corrected chi connectivity index (χ0v) is 9.80. The third kappa shape index (κ3) is 2.99. The minimum Gasteiger partial charge on any atom is -0.508 e. The van der Waals surface area contributed by atoms with Gasteiger partial charge in [-0.25, -0.2) is 0 Å². The highest BCUT2D eigenvalue weighted by molar-refractivity contribution is 5.71. The molecule has 3 heteroatoms. The van der Waals surface area contributed by atoms with Crippen molar-refractivity contribution >= 4 is 5.97 Å². The van der Waals surface area contributed by atoms with Crippen molar-refractivity contribution in [1.82, 2.24) is 0 Å². The molecule has 17 heavy (non-hydrogen) atoms. The predicted octanol–water partition coefficient (Wildman–Crippen LogP) is 2.83. The Balaban J connectivity index is 2.09. The average molecular weight is 234 g/mol. The van der Waals surface area contributed by atoms with Crippen molar-refractivity contribution in [2.24, 2.45) is 11.8 Å². The number of hydrogen-bond donors (Lipinski definition) is 2. The highest BCUT2D eigenvalue weighted by Gasteiger charge is 2.30. The lowest BCUT2D eigenvalue weighted by Gasteiger charge is -2.19. The van der Waals surface area contributed by atoms with E-state index in [2.05, 4.69) is 0 Å². The van der Waals surface area contributed by atoms with E-state index in [4.69, 9.17) is 0 Å². The molecule has 1 unspecified atom stereocenters. The number of carboxylic acids is 1. The maximum Gasteiger partial charge on any atom is 0.307 e. The molecule has 1 aromatic carbocycles. The van der Waals surface area contributed by atoms with E-state index in [1.807, 2.05) is 6.07 Å². The summed E-state index contributed by atoms with van der Waals surface area (Å²) in [4.78, 5) is 11.3. The lowest BCUT2D eigenvalue weighted by molar-refractivity contribution is -0.143. The summed E-state index contributed by atoms with van der Waals surface area (Å²) >= 11 is 0. The molecule has 1 fully saturated rings. The first-order valence-corrected chi connectivity index (χ1v) is 6.17. The number of rotatable bonds is 4. The Kier molecular flexibility index (Phi) is 3.67. The van der Waals surface area contributed by atoms with Gasteiger partial charge in [0.1, 0.15) is 5.75 Å². The number of phenols is 1. The molecule has 0 amide bonds. The van der Waals surface area contributed by atoms with E-state index in [0.29, 0.717) is 12.3 Å². The van der Waals surface area contributed by atoms with Gasteiger partial charge >= 0.3 is 5.97 Å². The van der Waals surface area contributed by atoms with E-state index in [-0.39, 0.29) is 11.7 Å². The van der Waals surface area contributed by atoms with Gasteiger partial charge in [0.2, 0.25) is 0 Å². The lowest BCUT2D eigenvalue weighted by atomic mass is 9.86. The molecule has 1 aliphatic rings. The monoisotopic (exact) mass is 234 g/mol. The molecule has 2 rings (SSSR count). The summed E-state index contributed by atoms with van der Waals surface area (Å²) in [6.07, 6.45) is 4.86. The number of hydrogen-bond acceptors (Lipinski definition) is 2. The third-order valence-corrected chi connectivity index (χ3v) is 3.65. The molecule has 0 bridgehead atoms. The fraction of sp³-hybridized carbons (Fsp3) is 0.500. The van der Waals surface area contributed by atoms with E-state index in [9.17, 15) is 15.0 Å². The van der Waals surface area contributed by atoms with E-state index >= 15 is 0 Å². The largest absolute Gasteiger partial charge is 0.508 e. The van der Waals surface area contributed by atoms with Crippen LogP contribution in [-0.4, -0.2) is 16.2 Å². The van der Waals surface area contributed by atoms with Crippen molar-refractivity contribution in [1.29, 1.82) is 0 Å². The van der Waals surface area contributed by atoms with Crippen LogP contribution in [0.3, 0.4) is 0 Å². The number of phenolic OH excluding ortho intramolecular Hbond substituents is 1. The van der Waals surface area contributed by atoms with Crippen molar-refractivity contribution in [2.75, 3.05) is 0 Å². The Hall–Kier alpha value is -1.51. The fourth-order valence-corrected chi connectivity index (χ4v) is 2.75. The van der Waals surface area contributed by atoms with Crippen LogP contribution in [-0.2, 0) is 11.2 Å². The van der Waals surface area contributed by atoms with Crippen molar-refractivity contribution in [3.05, 3.63) is 29.8 Å². The van der Waals surface area contributed by atoms with E-state index < -0.39 is 5.97 Å². The topological polar surface area (TPSA) is 57.5 Å². The van der Waals surface area contributed by atoms with Crippen molar-refractivity contribution in [2.45, 2.75) is 32.1 Å². The molecule has 1 aliphatic carbocycles. The molecule has 2 N–H and O–H groups in total.